The number of carbonyl (C=O) groups excluding carboxylic acids is 1. The first kappa shape index (κ1) is 16.6. The highest BCUT2D eigenvalue weighted by Crippen LogP contribution is 2.20. The number of aromatic nitrogens is 2. The number of H-pyrrole nitrogens is 1. The lowest BCUT2D eigenvalue weighted by atomic mass is 10.00. The molecule has 0 bridgehead atoms. The summed E-state index contributed by atoms with van der Waals surface area (Å²) < 4.78 is 5.54. The zero-order valence-electron chi connectivity index (χ0n) is 14.8. The molecule has 1 aliphatic heterocycles. The number of amides is 1. The molecule has 0 unspecified atom stereocenters. The summed E-state index contributed by atoms with van der Waals surface area (Å²) in [6.07, 6.45) is 1.06. The summed E-state index contributed by atoms with van der Waals surface area (Å²) in [5.74, 6) is 1.33. The molecule has 2 N–H and O–H groups in total. The first-order chi connectivity index (χ1) is 12.7. The number of aromatic amines is 1. The van der Waals surface area contributed by atoms with E-state index in [0.717, 1.165) is 31.8 Å². The van der Waals surface area contributed by atoms with Crippen molar-refractivity contribution in [2.45, 2.75) is 19.9 Å². The molecule has 0 atom stereocenters. The topological polar surface area (TPSA) is 74.2 Å². The fraction of sp³-hybridized carbons (Fsp3) is 0.300. The van der Waals surface area contributed by atoms with E-state index >= 15 is 0 Å². The van der Waals surface area contributed by atoms with Crippen LogP contribution in [0, 0.1) is 6.92 Å². The van der Waals surface area contributed by atoms with Gasteiger partial charge in [-0.25, -0.2) is 0 Å². The maximum Gasteiger partial charge on any atom is 0.271 e. The second-order valence-electron chi connectivity index (χ2n) is 6.63. The minimum atomic E-state index is -0.173. The Morgan fingerprint density at radius 1 is 1.27 bits per heavy atom. The summed E-state index contributed by atoms with van der Waals surface area (Å²) in [5.41, 5.74) is 3.90. The van der Waals surface area contributed by atoms with Gasteiger partial charge in [-0.15, -0.1) is 0 Å². The molecule has 0 fully saturated rings. The van der Waals surface area contributed by atoms with Crippen LogP contribution in [0.15, 0.2) is 46.9 Å². The average molecular weight is 350 g/mol. The highest BCUT2D eigenvalue weighted by Gasteiger charge is 2.16. The second kappa shape index (κ2) is 7.17. The molecule has 6 nitrogen and oxygen atoms in total. The van der Waals surface area contributed by atoms with Gasteiger partial charge in [-0.05, 0) is 36.6 Å². The van der Waals surface area contributed by atoms with Gasteiger partial charge in [-0.3, -0.25) is 14.8 Å². The van der Waals surface area contributed by atoms with Crippen molar-refractivity contribution in [3.05, 3.63) is 65.0 Å². The zero-order chi connectivity index (χ0) is 17.9. The van der Waals surface area contributed by atoms with Gasteiger partial charge in [-0.1, -0.05) is 24.3 Å². The molecule has 0 saturated carbocycles. The van der Waals surface area contributed by atoms with E-state index in [0.29, 0.717) is 23.7 Å². The van der Waals surface area contributed by atoms with Gasteiger partial charge in [0.1, 0.15) is 11.5 Å². The number of nitrogens with zero attached hydrogens (tertiary/aromatic N) is 2. The van der Waals surface area contributed by atoms with Crippen LogP contribution in [0.3, 0.4) is 0 Å². The molecule has 0 spiro atoms. The summed E-state index contributed by atoms with van der Waals surface area (Å²) in [6.45, 7) is 5.28. The average Bonchev–Trinajstić information content (AvgIpc) is 3.30. The van der Waals surface area contributed by atoms with Gasteiger partial charge in [0.2, 0.25) is 0 Å². The van der Waals surface area contributed by atoms with Crippen LogP contribution in [0.4, 0.5) is 0 Å². The zero-order valence-corrected chi connectivity index (χ0v) is 14.8. The Morgan fingerprint density at radius 2 is 2.12 bits per heavy atom. The molecule has 6 heteroatoms. The minimum Gasteiger partial charge on any atom is -0.460 e. The van der Waals surface area contributed by atoms with E-state index in [2.05, 4.69) is 44.7 Å². The van der Waals surface area contributed by atoms with Gasteiger partial charge < -0.3 is 9.73 Å². The predicted octanol–water partition coefficient (Wildman–Crippen LogP) is 2.77. The fourth-order valence-corrected chi connectivity index (χ4v) is 3.31. The monoisotopic (exact) mass is 350 g/mol. The summed E-state index contributed by atoms with van der Waals surface area (Å²) >= 11 is 0. The quantitative estimate of drug-likeness (QED) is 0.742. The molecule has 0 radical (unpaired) electrons. The van der Waals surface area contributed by atoms with E-state index in [1.54, 1.807) is 6.07 Å². The van der Waals surface area contributed by atoms with E-state index in [1.165, 1.54) is 11.1 Å². The summed E-state index contributed by atoms with van der Waals surface area (Å²) in [5, 5.41) is 9.88. The number of aryl methyl sites for hydroxylation is 1. The van der Waals surface area contributed by atoms with Gasteiger partial charge in [0, 0.05) is 32.2 Å². The highest BCUT2D eigenvalue weighted by molar-refractivity contribution is 5.93. The molecule has 1 amide bonds. The smallest absolute Gasteiger partial charge is 0.271 e. The Morgan fingerprint density at radius 3 is 2.92 bits per heavy atom. The largest absolute Gasteiger partial charge is 0.460 e. The van der Waals surface area contributed by atoms with Crippen LogP contribution in [0.1, 0.15) is 27.4 Å². The van der Waals surface area contributed by atoms with E-state index in [-0.39, 0.29) is 5.91 Å². The Labute approximate surface area is 152 Å². The van der Waals surface area contributed by atoms with Crippen LogP contribution in [0.25, 0.3) is 11.5 Å². The highest BCUT2D eigenvalue weighted by atomic mass is 16.3. The Balaban J connectivity index is 1.29. The van der Waals surface area contributed by atoms with Gasteiger partial charge in [0.15, 0.2) is 11.5 Å². The first-order valence-corrected chi connectivity index (χ1v) is 8.88. The number of nitrogens with one attached hydrogen (secondary N) is 2. The number of furan rings is 1. The Kier molecular flexibility index (Phi) is 4.58. The normalized spacial score (nSPS) is 14.2. The van der Waals surface area contributed by atoms with Gasteiger partial charge in [-0.2, -0.15) is 5.10 Å². The van der Waals surface area contributed by atoms with Crippen molar-refractivity contribution in [3.8, 4) is 11.5 Å². The van der Waals surface area contributed by atoms with Gasteiger partial charge >= 0.3 is 0 Å². The lowest BCUT2D eigenvalue weighted by Gasteiger charge is -2.28. The summed E-state index contributed by atoms with van der Waals surface area (Å²) in [7, 11) is 0. The minimum absolute atomic E-state index is 0.173. The maximum atomic E-state index is 12.3. The predicted molar refractivity (Wildman–Crippen MR) is 98.8 cm³/mol. The molecule has 26 heavy (non-hydrogen) atoms. The van der Waals surface area contributed by atoms with Crippen molar-refractivity contribution < 1.29 is 9.21 Å². The molecule has 134 valence electrons. The summed E-state index contributed by atoms with van der Waals surface area (Å²) in [4.78, 5) is 14.7. The number of hydrogen-bond acceptors (Lipinski definition) is 4. The van der Waals surface area contributed by atoms with Crippen LogP contribution < -0.4 is 5.32 Å². The van der Waals surface area contributed by atoms with Crippen LogP contribution in [0.2, 0.25) is 0 Å². The van der Waals surface area contributed by atoms with E-state index in [4.69, 9.17) is 4.42 Å². The molecule has 2 aromatic heterocycles. The maximum absolute atomic E-state index is 12.3. The fourth-order valence-electron chi connectivity index (χ4n) is 3.31. The van der Waals surface area contributed by atoms with E-state index in [9.17, 15) is 4.79 Å². The summed E-state index contributed by atoms with van der Waals surface area (Å²) in [6, 6.07) is 14.0. The SMILES string of the molecule is Cc1ccc(-c2cc(C(=O)NCCN3CCc4ccccc4C3)n[nH]2)o1. The van der Waals surface area contributed by atoms with E-state index < -0.39 is 0 Å². The van der Waals surface area contributed by atoms with Crippen molar-refractivity contribution in [2.24, 2.45) is 0 Å². The number of carbonyl (C=O) groups is 1. The van der Waals surface area contributed by atoms with Crippen molar-refractivity contribution in [1.29, 1.82) is 0 Å². The van der Waals surface area contributed by atoms with Gasteiger partial charge in [0.05, 0.1) is 0 Å². The second-order valence-corrected chi connectivity index (χ2v) is 6.63. The molecule has 3 heterocycles. The van der Waals surface area contributed by atoms with Crippen molar-refractivity contribution in [1.82, 2.24) is 20.4 Å². The Hall–Kier alpha value is -2.86. The number of benzene rings is 1. The van der Waals surface area contributed by atoms with Crippen LogP contribution >= 0.6 is 0 Å². The molecule has 1 aliphatic rings. The van der Waals surface area contributed by atoms with Crippen LogP contribution in [-0.4, -0.2) is 40.6 Å². The molecule has 4 rings (SSSR count). The lowest BCUT2D eigenvalue weighted by Crippen LogP contribution is -2.37. The van der Waals surface area contributed by atoms with Crippen LogP contribution in [0.5, 0.6) is 0 Å². The van der Waals surface area contributed by atoms with Crippen LogP contribution in [-0.2, 0) is 13.0 Å². The van der Waals surface area contributed by atoms with E-state index in [1.807, 2.05) is 19.1 Å². The van der Waals surface area contributed by atoms with Gasteiger partial charge in [0.25, 0.3) is 5.91 Å². The number of rotatable bonds is 5. The van der Waals surface area contributed by atoms with Crippen molar-refractivity contribution >= 4 is 5.91 Å². The Bertz CT molecular complexity index is 912. The molecular weight excluding hydrogens is 328 g/mol. The lowest BCUT2D eigenvalue weighted by molar-refractivity contribution is 0.0942. The molecule has 0 aliphatic carbocycles. The third-order valence-electron chi connectivity index (χ3n) is 4.74. The van der Waals surface area contributed by atoms with Crippen molar-refractivity contribution in [3.63, 3.8) is 0 Å². The van der Waals surface area contributed by atoms with Crippen molar-refractivity contribution in [2.75, 3.05) is 19.6 Å². The molecular formula is C20H22N4O2. The number of fused-ring (bicyclic) bond motifs is 1. The third kappa shape index (κ3) is 3.55. The standard InChI is InChI=1S/C20H22N4O2/c1-14-6-7-19(26-14)17-12-18(23-22-17)20(25)21-9-11-24-10-8-15-4-2-3-5-16(15)13-24/h2-7,12H,8-11,13H2,1H3,(H,21,25)(H,22,23). The molecule has 3 aromatic rings. The molecule has 1 aromatic carbocycles. The number of hydrogen-bond donors (Lipinski definition) is 2. The third-order valence-corrected chi connectivity index (χ3v) is 4.74. The molecule has 0 saturated heterocycles. The first-order valence-electron chi connectivity index (χ1n) is 8.88.